The largest absolute Gasteiger partial charge is 0.352 e. The second-order valence-electron chi connectivity index (χ2n) is 8.17. The van der Waals surface area contributed by atoms with Crippen molar-refractivity contribution in [1.29, 1.82) is 0 Å². The number of nitrogens with one attached hydrogen (secondary N) is 1. The lowest BCUT2D eigenvalue weighted by Crippen LogP contribution is -2.29. The second kappa shape index (κ2) is 10.4. The Labute approximate surface area is 174 Å². The number of rotatable bonds is 8. The molecule has 29 heavy (non-hydrogen) atoms. The fraction of sp³-hybridized carbons (Fsp3) is 0.440. The lowest BCUT2D eigenvalue weighted by molar-refractivity contribution is -0.121. The Morgan fingerprint density at radius 2 is 1.59 bits per heavy atom. The minimum absolute atomic E-state index is 0.0309. The third-order valence-corrected chi connectivity index (χ3v) is 5.64. The Morgan fingerprint density at radius 3 is 2.31 bits per heavy atom. The summed E-state index contributed by atoms with van der Waals surface area (Å²) in [5, 5.41) is 2.93. The van der Waals surface area contributed by atoms with Crippen LogP contribution in [-0.2, 0) is 17.9 Å². The molecule has 154 valence electrons. The normalized spacial score (nSPS) is 14.6. The number of hydrogen-bond acceptors (Lipinski definition) is 3. The zero-order chi connectivity index (χ0) is 20.6. The zero-order valence-corrected chi connectivity index (χ0v) is 17.7. The third kappa shape index (κ3) is 6.53. The van der Waals surface area contributed by atoms with Gasteiger partial charge in [0.1, 0.15) is 0 Å². The Balaban J connectivity index is 1.42. The second-order valence-corrected chi connectivity index (χ2v) is 8.17. The number of hydrogen-bond donors (Lipinski definition) is 1. The number of carbonyl (C=O) groups excluding carboxylic acids is 2. The van der Waals surface area contributed by atoms with E-state index in [-0.39, 0.29) is 24.5 Å². The standard InChI is InChI=1S/C25H32N2O2/c1-19-6-7-20(2)23(16-19)24(28)12-13-25(29)26-17-21-8-10-22(11-9-21)18-27-14-4-3-5-15-27/h6-11,16H,3-5,12-15,17-18H2,1-2H3,(H,26,29). The van der Waals surface area contributed by atoms with Crippen LogP contribution in [-0.4, -0.2) is 29.7 Å². The van der Waals surface area contributed by atoms with Crippen LogP contribution in [0.2, 0.25) is 0 Å². The maximum atomic E-state index is 12.4. The van der Waals surface area contributed by atoms with Gasteiger partial charge in [-0.2, -0.15) is 0 Å². The van der Waals surface area contributed by atoms with E-state index in [1.54, 1.807) is 0 Å². The third-order valence-electron chi connectivity index (χ3n) is 5.64. The molecule has 1 saturated heterocycles. The number of Topliss-reactive ketones (excluding diaryl/α,β-unsaturated/α-hetero) is 1. The van der Waals surface area contributed by atoms with Gasteiger partial charge in [-0.3, -0.25) is 14.5 Å². The van der Waals surface area contributed by atoms with Gasteiger partial charge in [0.05, 0.1) is 0 Å². The topological polar surface area (TPSA) is 49.4 Å². The molecule has 2 aromatic carbocycles. The highest BCUT2D eigenvalue weighted by molar-refractivity contribution is 5.99. The van der Waals surface area contributed by atoms with E-state index in [1.807, 2.05) is 32.0 Å². The van der Waals surface area contributed by atoms with E-state index in [0.29, 0.717) is 6.54 Å². The molecule has 1 heterocycles. The van der Waals surface area contributed by atoms with Crippen molar-refractivity contribution in [1.82, 2.24) is 10.2 Å². The van der Waals surface area contributed by atoms with E-state index >= 15 is 0 Å². The summed E-state index contributed by atoms with van der Waals surface area (Å²) in [7, 11) is 0. The van der Waals surface area contributed by atoms with Crippen LogP contribution < -0.4 is 5.32 Å². The summed E-state index contributed by atoms with van der Waals surface area (Å²) in [5.74, 6) is -0.0514. The number of piperidine rings is 1. The highest BCUT2D eigenvalue weighted by Crippen LogP contribution is 2.15. The molecule has 3 rings (SSSR count). The maximum Gasteiger partial charge on any atom is 0.220 e. The van der Waals surface area contributed by atoms with Crippen molar-refractivity contribution < 1.29 is 9.59 Å². The van der Waals surface area contributed by atoms with Crippen molar-refractivity contribution in [3.63, 3.8) is 0 Å². The molecular formula is C25H32N2O2. The average molecular weight is 393 g/mol. The SMILES string of the molecule is Cc1ccc(C)c(C(=O)CCC(=O)NCc2ccc(CN3CCCCC3)cc2)c1. The first-order valence-electron chi connectivity index (χ1n) is 10.7. The highest BCUT2D eigenvalue weighted by Gasteiger charge is 2.12. The van der Waals surface area contributed by atoms with Crippen LogP contribution in [0.5, 0.6) is 0 Å². The molecule has 0 atom stereocenters. The smallest absolute Gasteiger partial charge is 0.220 e. The summed E-state index contributed by atoms with van der Waals surface area (Å²) in [6.45, 7) is 7.80. The van der Waals surface area contributed by atoms with E-state index in [4.69, 9.17) is 0 Å². The lowest BCUT2D eigenvalue weighted by atomic mass is 9.99. The van der Waals surface area contributed by atoms with Gasteiger partial charge in [0.2, 0.25) is 5.91 Å². The summed E-state index contributed by atoms with van der Waals surface area (Å²) in [5.41, 5.74) is 5.16. The van der Waals surface area contributed by atoms with Crippen LogP contribution >= 0.6 is 0 Å². The number of aryl methyl sites for hydroxylation is 2. The number of carbonyl (C=O) groups is 2. The van der Waals surface area contributed by atoms with E-state index < -0.39 is 0 Å². The van der Waals surface area contributed by atoms with Crippen molar-refractivity contribution >= 4 is 11.7 Å². The molecule has 0 aliphatic carbocycles. The Morgan fingerprint density at radius 1 is 0.897 bits per heavy atom. The molecule has 0 aromatic heterocycles. The quantitative estimate of drug-likeness (QED) is 0.670. The van der Waals surface area contributed by atoms with Crippen LogP contribution in [0.1, 0.15) is 64.7 Å². The Bertz CT molecular complexity index is 836. The first-order valence-corrected chi connectivity index (χ1v) is 10.7. The number of ketones is 1. The van der Waals surface area contributed by atoms with E-state index in [0.717, 1.165) is 28.8 Å². The number of nitrogens with zero attached hydrogens (tertiary/aromatic N) is 1. The minimum Gasteiger partial charge on any atom is -0.352 e. The number of amides is 1. The van der Waals surface area contributed by atoms with Gasteiger partial charge in [0.25, 0.3) is 0 Å². The summed E-state index contributed by atoms with van der Waals surface area (Å²) in [6.07, 6.45) is 4.42. The van der Waals surface area contributed by atoms with Gasteiger partial charge in [-0.15, -0.1) is 0 Å². The molecule has 1 aliphatic heterocycles. The summed E-state index contributed by atoms with van der Waals surface area (Å²) >= 11 is 0. The van der Waals surface area contributed by atoms with E-state index in [9.17, 15) is 9.59 Å². The van der Waals surface area contributed by atoms with E-state index in [2.05, 4.69) is 34.5 Å². The first-order chi connectivity index (χ1) is 14.0. The van der Waals surface area contributed by atoms with Gasteiger partial charge in [-0.05, 0) is 62.5 Å². The molecule has 4 heteroatoms. The fourth-order valence-electron chi connectivity index (χ4n) is 3.83. The van der Waals surface area contributed by atoms with Gasteiger partial charge in [0, 0.05) is 31.5 Å². The van der Waals surface area contributed by atoms with E-state index in [1.165, 1.54) is 37.9 Å². The van der Waals surface area contributed by atoms with Gasteiger partial charge in [-0.25, -0.2) is 0 Å². The molecular weight excluding hydrogens is 360 g/mol. The van der Waals surface area contributed by atoms with Crippen LogP contribution in [0.25, 0.3) is 0 Å². The molecule has 1 N–H and O–H groups in total. The van der Waals surface area contributed by atoms with Gasteiger partial charge in [-0.1, -0.05) is 48.4 Å². The lowest BCUT2D eigenvalue weighted by Gasteiger charge is -2.26. The Kier molecular flexibility index (Phi) is 7.59. The molecule has 1 aliphatic rings. The number of benzene rings is 2. The molecule has 2 aromatic rings. The molecule has 0 radical (unpaired) electrons. The molecule has 0 saturated carbocycles. The van der Waals surface area contributed by atoms with Gasteiger partial charge in [0.15, 0.2) is 5.78 Å². The van der Waals surface area contributed by atoms with Crippen molar-refractivity contribution in [3.05, 3.63) is 70.3 Å². The van der Waals surface area contributed by atoms with Crippen LogP contribution in [0.3, 0.4) is 0 Å². The molecule has 0 unspecified atom stereocenters. The monoisotopic (exact) mass is 392 g/mol. The van der Waals surface area contributed by atoms with Crippen molar-refractivity contribution in [2.24, 2.45) is 0 Å². The van der Waals surface area contributed by atoms with Crippen molar-refractivity contribution in [2.45, 2.75) is 59.0 Å². The van der Waals surface area contributed by atoms with Gasteiger partial charge < -0.3 is 5.32 Å². The summed E-state index contributed by atoms with van der Waals surface area (Å²) in [6, 6.07) is 14.3. The molecule has 1 fully saturated rings. The molecule has 1 amide bonds. The van der Waals surface area contributed by atoms with Crippen molar-refractivity contribution in [3.8, 4) is 0 Å². The predicted molar refractivity (Wildman–Crippen MR) is 117 cm³/mol. The highest BCUT2D eigenvalue weighted by atomic mass is 16.2. The zero-order valence-electron chi connectivity index (χ0n) is 17.7. The Hall–Kier alpha value is -2.46. The molecule has 4 nitrogen and oxygen atoms in total. The van der Waals surface area contributed by atoms with Crippen molar-refractivity contribution in [2.75, 3.05) is 13.1 Å². The molecule has 0 bridgehead atoms. The van der Waals surface area contributed by atoms with Gasteiger partial charge >= 0.3 is 0 Å². The fourth-order valence-corrected chi connectivity index (χ4v) is 3.83. The van der Waals surface area contributed by atoms with Crippen LogP contribution in [0.15, 0.2) is 42.5 Å². The minimum atomic E-state index is -0.0824. The van der Waals surface area contributed by atoms with Crippen LogP contribution in [0.4, 0.5) is 0 Å². The number of likely N-dealkylation sites (tertiary alicyclic amines) is 1. The summed E-state index contributed by atoms with van der Waals surface area (Å²) in [4.78, 5) is 27.1. The first kappa shape index (κ1) is 21.3. The van der Waals surface area contributed by atoms with Crippen LogP contribution in [0, 0.1) is 13.8 Å². The average Bonchev–Trinajstić information content (AvgIpc) is 2.74. The molecule has 0 spiro atoms. The predicted octanol–water partition coefficient (Wildman–Crippen LogP) is 4.57. The summed E-state index contributed by atoms with van der Waals surface area (Å²) < 4.78 is 0. The maximum absolute atomic E-state index is 12.4.